The second-order valence-corrected chi connectivity index (χ2v) is 11.6. The van der Waals surface area contributed by atoms with Crippen LogP contribution < -0.4 is 0 Å². The van der Waals surface area contributed by atoms with Crippen LogP contribution in [0.2, 0.25) is 18.1 Å². The van der Waals surface area contributed by atoms with Crippen molar-refractivity contribution in [3.63, 3.8) is 0 Å². The number of hydrogen-bond acceptors (Lipinski definition) is 3. The van der Waals surface area contributed by atoms with Crippen LogP contribution in [-0.4, -0.2) is 19.9 Å². The SMILES string of the molecule is CC(C)(C)[Si](C)(C)OCC#Cc1nc(-c2ccccc2)co1. The van der Waals surface area contributed by atoms with Crippen molar-refractivity contribution in [2.75, 3.05) is 6.61 Å². The summed E-state index contributed by atoms with van der Waals surface area (Å²) in [6.45, 7) is 11.5. The van der Waals surface area contributed by atoms with Crippen molar-refractivity contribution >= 4 is 8.32 Å². The van der Waals surface area contributed by atoms with Gasteiger partial charge in [0.25, 0.3) is 5.89 Å². The van der Waals surface area contributed by atoms with E-state index in [1.165, 1.54) is 0 Å². The molecule has 0 spiro atoms. The zero-order valence-corrected chi connectivity index (χ0v) is 14.9. The molecule has 0 unspecified atom stereocenters. The van der Waals surface area contributed by atoms with Gasteiger partial charge in [-0.3, -0.25) is 0 Å². The molecular weight excluding hydrogens is 290 g/mol. The first-order valence-corrected chi connectivity index (χ1v) is 10.3. The summed E-state index contributed by atoms with van der Waals surface area (Å²) in [7, 11) is -1.74. The van der Waals surface area contributed by atoms with Crippen molar-refractivity contribution in [3.05, 3.63) is 42.5 Å². The molecule has 0 aliphatic heterocycles. The van der Waals surface area contributed by atoms with Gasteiger partial charge in [0.1, 0.15) is 12.0 Å². The number of oxazole rings is 1. The molecule has 0 saturated carbocycles. The van der Waals surface area contributed by atoms with Gasteiger partial charge >= 0.3 is 0 Å². The van der Waals surface area contributed by atoms with Gasteiger partial charge in [-0.05, 0) is 24.1 Å². The summed E-state index contributed by atoms with van der Waals surface area (Å²) in [6, 6.07) is 9.92. The Morgan fingerprint density at radius 2 is 1.86 bits per heavy atom. The number of benzene rings is 1. The fourth-order valence-electron chi connectivity index (χ4n) is 1.62. The Kier molecular flexibility index (Phi) is 4.89. The van der Waals surface area contributed by atoms with Crippen LogP contribution in [0.3, 0.4) is 0 Å². The van der Waals surface area contributed by atoms with Gasteiger partial charge in [0.2, 0.25) is 0 Å². The van der Waals surface area contributed by atoms with E-state index in [2.05, 4.69) is 50.7 Å². The average molecular weight is 313 g/mol. The van der Waals surface area contributed by atoms with Crippen LogP contribution in [0.5, 0.6) is 0 Å². The summed E-state index contributed by atoms with van der Waals surface area (Å²) >= 11 is 0. The number of aromatic nitrogens is 1. The van der Waals surface area contributed by atoms with Crippen molar-refractivity contribution in [1.29, 1.82) is 0 Å². The lowest BCUT2D eigenvalue weighted by Gasteiger charge is -2.35. The highest BCUT2D eigenvalue weighted by molar-refractivity contribution is 6.74. The minimum absolute atomic E-state index is 0.193. The van der Waals surface area contributed by atoms with E-state index in [0.717, 1.165) is 11.3 Å². The van der Waals surface area contributed by atoms with E-state index < -0.39 is 8.32 Å². The molecule has 0 amide bonds. The molecule has 2 aromatic rings. The molecule has 1 aromatic carbocycles. The molecule has 0 aliphatic rings. The third-order valence-corrected chi connectivity index (χ3v) is 8.56. The van der Waals surface area contributed by atoms with Gasteiger partial charge in [-0.2, -0.15) is 0 Å². The van der Waals surface area contributed by atoms with E-state index in [1.54, 1.807) is 6.26 Å². The Bertz CT molecular complexity index is 672. The maximum atomic E-state index is 6.00. The maximum Gasteiger partial charge on any atom is 0.273 e. The average Bonchev–Trinajstić information content (AvgIpc) is 2.92. The molecule has 116 valence electrons. The van der Waals surface area contributed by atoms with Crippen LogP contribution in [0.4, 0.5) is 0 Å². The third-order valence-electron chi connectivity index (χ3n) is 4.08. The van der Waals surface area contributed by atoms with Gasteiger partial charge in [-0.15, -0.1) is 0 Å². The Hall–Kier alpha value is -1.83. The lowest BCUT2D eigenvalue weighted by molar-refractivity contribution is 0.334. The second-order valence-electron chi connectivity index (χ2n) is 6.75. The van der Waals surface area contributed by atoms with Crippen LogP contribution in [0.1, 0.15) is 26.7 Å². The summed E-state index contributed by atoms with van der Waals surface area (Å²) in [4.78, 5) is 4.38. The summed E-state index contributed by atoms with van der Waals surface area (Å²) in [6.07, 6.45) is 1.63. The monoisotopic (exact) mass is 313 g/mol. The van der Waals surface area contributed by atoms with E-state index in [0.29, 0.717) is 12.5 Å². The highest BCUT2D eigenvalue weighted by Gasteiger charge is 2.36. The van der Waals surface area contributed by atoms with Crippen LogP contribution in [0.15, 0.2) is 41.0 Å². The lowest BCUT2D eigenvalue weighted by Crippen LogP contribution is -2.40. The smallest absolute Gasteiger partial charge is 0.273 e. The number of nitrogens with zero attached hydrogens (tertiary/aromatic N) is 1. The van der Waals surface area contributed by atoms with E-state index in [1.807, 2.05) is 30.3 Å². The molecule has 1 aromatic heterocycles. The van der Waals surface area contributed by atoms with Crippen molar-refractivity contribution in [1.82, 2.24) is 4.98 Å². The van der Waals surface area contributed by atoms with Gasteiger partial charge in [0.15, 0.2) is 8.32 Å². The first kappa shape index (κ1) is 16.5. The van der Waals surface area contributed by atoms with Gasteiger partial charge in [-0.1, -0.05) is 57.0 Å². The zero-order valence-electron chi connectivity index (χ0n) is 13.9. The highest BCUT2D eigenvalue weighted by atomic mass is 28.4. The fourth-order valence-corrected chi connectivity index (χ4v) is 2.48. The zero-order chi connectivity index (χ0) is 16.2. The van der Waals surface area contributed by atoms with Gasteiger partial charge < -0.3 is 8.84 Å². The standard InChI is InChI=1S/C18H23NO2Si/c1-18(2,3)22(4,5)21-13-9-12-17-19-16(14-20-17)15-10-7-6-8-11-15/h6-8,10-11,14H,13H2,1-5H3. The van der Waals surface area contributed by atoms with E-state index >= 15 is 0 Å². The van der Waals surface area contributed by atoms with E-state index in [9.17, 15) is 0 Å². The molecule has 1 heterocycles. The summed E-state index contributed by atoms with van der Waals surface area (Å²) in [5, 5.41) is 0.193. The van der Waals surface area contributed by atoms with Crippen LogP contribution in [0.25, 0.3) is 11.3 Å². The maximum absolute atomic E-state index is 6.00. The number of rotatable bonds is 3. The second kappa shape index (κ2) is 6.51. The van der Waals surface area contributed by atoms with E-state index in [4.69, 9.17) is 8.84 Å². The third kappa shape index (κ3) is 4.09. The Labute approximate surface area is 133 Å². The molecule has 0 aliphatic carbocycles. The lowest BCUT2D eigenvalue weighted by atomic mass is 10.2. The molecule has 3 nitrogen and oxygen atoms in total. The van der Waals surface area contributed by atoms with Crippen molar-refractivity contribution in [2.45, 2.75) is 38.9 Å². The van der Waals surface area contributed by atoms with Crippen molar-refractivity contribution in [2.24, 2.45) is 0 Å². The van der Waals surface area contributed by atoms with E-state index in [-0.39, 0.29) is 5.04 Å². The summed E-state index contributed by atoms with van der Waals surface area (Å²) < 4.78 is 11.4. The van der Waals surface area contributed by atoms with Crippen LogP contribution in [0, 0.1) is 11.8 Å². The molecule has 0 bridgehead atoms. The van der Waals surface area contributed by atoms with Gasteiger partial charge in [0, 0.05) is 5.56 Å². The minimum Gasteiger partial charge on any atom is -0.438 e. The van der Waals surface area contributed by atoms with Crippen molar-refractivity contribution < 1.29 is 8.84 Å². The first-order chi connectivity index (χ1) is 10.3. The first-order valence-electron chi connectivity index (χ1n) is 7.43. The molecule has 0 saturated heterocycles. The molecule has 22 heavy (non-hydrogen) atoms. The highest BCUT2D eigenvalue weighted by Crippen LogP contribution is 2.36. The Balaban J connectivity index is 1.98. The molecule has 4 heteroatoms. The Morgan fingerprint density at radius 3 is 2.50 bits per heavy atom. The Morgan fingerprint density at radius 1 is 1.18 bits per heavy atom. The molecule has 0 N–H and O–H groups in total. The fraction of sp³-hybridized carbons (Fsp3) is 0.389. The number of hydrogen-bond donors (Lipinski definition) is 0. The topological polar surface area (TPSA) is 35.3 Å². The molecule has 2 rings (SSSR count). The normalized spacial score (nSPS) is 11.9. The van der Waals surface area contributed by atoms with Gasteiger partial charge in [0.05, 0.1) is 6.61 Å². The predicted molar refractivity (Wildman–Crippen MR) is 92.0 cm³/mol. The van der Waals surface area contributed by atoms with Crippen molar-refractivity contribution in [3.8, 4) is 23.1 Å². The van der Waals surface area contributed by atoms with Gasteiger partial charge in [-0.25, -0.2) is 4.98 Å². The van der Waals surface area contributed by atoms with Crippen LogP contribution >= 0.6 is 0 Å². The molecular formula is C18H23NO2Si. The van der Waals surface area contributed by atoms with Crippen LogP contribution in [-0.2, 0) is 4.43 Å². The molecule has 0 fully saturated rings. The predicted octanol–water partition coefficient (Wildman–Crippen LogP) is 4.71. The minimum atomic E-state index is -1.74. The quantitative estimate of drug-likeness (QED) is 0.608. The summed E-state index contributed by atoms with van der Waals surface area (Å²) in [5.74, 6) is 6.36. The molecule has 0 atom stereocenters. The molecule has 0 radical (unpaired) electrons. The largest absolute Gasteiger partial charge is 0.438 e. The summed E-state index contributed by atoms with van der Waals surface area (Å²) in [5.41, 5.74) is 1.83.